The summed E-state index contributed by atoms with van der Waals surface area (Å²) in [4.78, 5) is 6.61. The van der Waals surface area contributed by atoms with E-state index in [0.717, 1.165) is 10.6 Å². The molecule has 1 aliphatic rings. The molecule has 104 valence electrons. The number of halogens is 1. The molecule has 1 aromatic rings. The van der Waals surface area contributed by atoms with E-state index in [-0.39, 0.29) is 5.41 Å². The van der Waals surface area contributed by atoms with Crippen LogP contribution in [0.3, 0.4) is 0 Å². The monoisotopic (exact) mass is 279 g/mol. The van der Waals surface area contributed by atoms with Gasteiger partial charge in [0.1, 0.15) is 0 Å². The van der Waals surface area contributed by atoms with Crippen LogP contribution < -0.4 is 5.73 Å². The van der Waals surface area contributed by atoms with Gasteiger partial charge in [-0.1, -0.05) is 43.6 Å². The fourth-order valence-electron chi connectivity index (χ4n) is 2.13. The highest BCUT2D eigenvalue weighted by molar-refractivity contribution is 6.31. The van der Waals surface area contributed by atoms with Gasteiger partial charge in [-0.3, -0.25) is 4.99 Å². The summed E-state index contributed by atoms with van der Waals surface area (Å²) in [5, 5.41) is 0.789. The van der Waals surface area contributed by atoms with Crippen molar-refractivity contribution in [2.24, 2.45) is 10.7 Å². The Labute approximate surface area is 120 Å². The molecule has 0 amide bonds. The van der Waals surface area contributed by atoms with E-state index in [1.54, 1.807) is 0 Å². The van der Waals surface area contributed by atoms with Crippen LogP contribution in [0.2, 0.25) is 5.02 Å². The van der Waals surface area contributed by atoms with Gasteiger partial charge < -0.3 is 10.6 Å². The first kappa shape index (κ1) is 14.2. The zero-order chi connectivity index (χ0) is 14.0. The molecule has 1 aliphatic carbocycles. The Kier molecular flexibility index (Phi) is 4.04. The molecule has 0 heterocycles. The second-order valence-corrected chi connectivity index (χ2v) is 6.29. The third kappa shape index (κ3) is 3.41. The van der Waals surface area contributed by atoms with Gasteiger partial charge in [-0.15, -0.1) is 0 Å². The second-order valence-electron chi connectivity index (χ2n) is 5.88. The largest absolute Gasteiger partial charge is 0.370 e. The molecule has 0 bridgehead atoms. The number of nitrogens with two attached hydrogens (primary N) is 1. The average molecular weight is 280 g/mol. The van der Waals surface area contributed by atoms with Gasteiger partial charge in [0.15, 0.2) is 5.96 Å². The summed E-state index contributed by atoms with van der Waals surface area (Å²) >= 11 is 6.26. The van der Waals surface area contributed by atoms with Crippen LogP contribution in [0.4, 0.5) is 0 Å². The van der Waals surface area contributed by atoms with Gasteiger partial charge in [-0.25, -0.2) is 0 Å². The number of hydrogen-bond donors (Lipinski definition) is 1. The van der Waals surface area contributed by atoms with Crippen molar-refractivity contribution in [3.8, 4) is 0 Å². The summed E-state index contributed by atoms with van der Waals surface area (Å²) in [6, 6.07) is 8.51. The second kappa shape index (κ2) is 5.41. The van der Waals surface area contributed by atoms with Crippen LogP contribution in [0.5, 0.6) is 0 Å². The minimum Gasteiger partial charge on any atom is -0.370 e. The molecule has 0 atom stereocenters. The summed E-state index contributed by atoms with van der Waals surface area (Å²) in [5.74, 6) is 0.627. The zero-order valence-corrected chi connectivity index (χ0v) is 12.6. The van der Waals surface area contributed by atoms with E-state index in [4.69, 9.17) is 17.3 Å². The van der Waals surface area contributed by atoms with E-state index in [1.807, 2.05) is 25.2 Å². The Bertz CT molecular complexity index is 478. The number of benzene rings is 1. The number of nitrogens with zero attached hydrogens (tertiary/aromatic N) is 2. The molecule has 1 saturated carbocycles. The standard InChI is InChI=1S/C15H22ClN3/c1-15(2,12-6-4-5-7-13(12)16)10-18-14(17)19(3)11-8-9-11/h4-7,11H,8-10H2,1-3H3,(H2,17,18). The van der Waals surface area contributed by atoms with Crippen molar-refractivity contribution >= 4 is 17.6 Å². The minimum atomic E-state index is -0.118. The lowest BCUT2D eigenvalue weighted by Crippen LogP contribution is -2.37. The van der Waals surface area contributed by atoms with Crippen LogP contribution in [0.15, 0.2) is 29.3 Å². The fourth-order valence-corrected chi connectivity index (χ4v) is 2.53. The number of guanidine groups is 1. The van der Waals surface area contributed by atoms with Crippen LogP contribution in [0, 0.1) is 0 Å². The highest BCUT2D eigenvalue weighted by Gasteiger charge is 2.28. The van der Waals surface area contributed by atoms with E-state index >= 15 is 0 Å². The topological polar surface area (TPSA) is 41.6 Å². The fraction of sp³-hybridized carbons (Fsp3) is 0.533. The first-order valence-corrected chi connectivity index (χ1v) is 7.07. The van der Waals surface area contributed by atoms with Gasteiger partial charge in [-0.05, 0) is 24.5 Å². The molecule has 0 radical (unpaired) electrons. The summed E-state index contributed by atoms with van der Waals surface area (Å²) < 4.78 is 0. The molecule has 0 aliphatic heterocycles. The highest BCUT2D eigenvalue weighted by atomic mass is 35.5. The summed E-state index contributed by atoms with van der Waals surface area (Å²) in [6.45, 7) is 4.92. The van der Waals surface area contributed by atoms with E-state index in [2.05, 4.69) is 29.8 Å². The molecule has 0 unspecified atom stereocenters. The van der Waals surface area contributed by atoms with Gasteiger partial charge in [0.25, 0.3) is 0 Å². The van der Waals surface area contributed by atoms with E-state index in [9.17, 15) is 0 Å². The molecule has 1 fully saturated rings. The van der Waals surface area contributed by atoms with Crippen molar-refractivity contribution in [3.63, 3.8) is 0 Å². The van der Waals surface area contributed by atoms with Gasteiger partial charge in [-0.2, -0.15) is 0 Å². The van der Waals surface area contributed by atoms with Crippen molar-refractivity contribution in [1.82, 2.24) is 4.90 Å². The number of aliphatic imine (C=N–C) groups is 1. The summed E-state index contributed by atoms with van der Waals surface area (Å²) in [5.41, 5.74) is 7.02. The minimum absolute atomic E-state index is 0.118. The van der Waals surface area contributed by atoms with Crippen LogP contribution in [-0.4, -0.2) is 30.5 Å². The molecule has 0 spiro atoms. The van der Waals surface area contributed by atoms with Gasteiger partial charge in [0, 0.05) is 23.5 Å². The molecule has 19 heavy (non-hydrogen) atoms. The van der Waals surface area contributed by atoms with Crippen molar-refractivity contribution in [3.05, 3.63) is 34.9 Å². The van der Waals surface area contributed by atoms with Gasteiger partial charge in [0.05, 0.1) is 6.54 Å². The molecular weight excluding hydrogens is 258 g/mol. The summed E-state index contributed by atoms with van der Waals surface area (Å²) in [7, 11) is 2.01. The third-order valence-corrected chi connectivity index (χ3v) is 4.02. The predicted octanol–water partition coefficient (Wildman–Crippen LogP) is 3.03. The number of hydrogen-bond acceptors (Lipinski definition) is 1. The molecular formula is C15H22ClN3. The maximum atomic E-state index is 6.26. The van der Waals surface area contributed by atoms with Crippen molar-refractivity contribution in [1.29, 1.82) is 0 Å². The SMILES string of the molecule is CN(C(N)=NCC(C)(C)c1ccccc1Cl)C1CC1. The predicted molar refractivity (Wildman–Crippen MR) is 81.8 cm³/mol. The van der Waals surface area contributed by atoms with Crippen LogP contribution in [-0.2, 0) is 5.41 Å². The van der Waals surface area contributed by atoms with Crippen molar-refractivity contribution in [2.75, 3.05) is 13.6 Å². The highest BCUT2D eigenvalue weighted by Crippen LogP contribution is 2.30. The Morgan fingerprint density at radius 3 is 2.63 bits per heavy atom. The maximum absolute atomic E-state index is 6.26. The first-order chi connectivity index (χ1) is 8.92. The Balaban J connectivity index is 2.08. The van der Waals surface area contributed by atoms with E-state index in [0.29, 0.717) is 18.5 Å². The van der Waals surface area contributed by atoms with E-state index in [1.165, 1.54) is 12.8 Å². The molecule has 0 aromatic heterocycles. The first-order valence-electron chi connectivity index (χ1n) is 6.69. The molecule has 3 nitrogen and oxygen atoms in total. The maximum Gasteiger partial charge on any atom is 0.191 e. The van der Waals surface area contributed by atoms with Crippen molar-refractivity contribution in [2.45, 2.75) is 38.1 Å². The Hall–Kier alpha value is -1.22. The normalized spacial score (nSPS) is 16.5. The van der Waals surface area contributed by atoms with Crippen molar-refractivity contribution < 1.29 is 0 Å². The van der Waals surface area contributed by atoms with E-state index < -0.39 is 0 Å². The molecule has 2 rings (SSSR count). The third-order valence-electron chi connectivity index (χ3n) is 3.70. The van der Waals surface area contributed by atoms with Gasteiger partial charge >= 0.3 is 0 Å². The van der Waals surface area contributed by atoms with Gasteiger partial charge in [0.2, 0.25) is 0 Å². The lowest BCUT2D eigenvalue weighted by molar-refractivity contribution is 0.476. The molecule has 2 N–H and O–H groups in total. The van der Waals surface area contributed by atoms with Crippen LogP contribution in [0.25, 0.3) is 0 Å². The molecule has 0 saturated heterocycles. The molecule has 1 aromatic carbocycles. The molecule has 4 heteroatoms. The Morgan fingerprint density at radius 1 is 1.42 bits per heavy atom. The Morgan fingerprint density at radius 2 is 2.05 bits per heavy atom. The lowest BCUT2D eigenvalue weighted by atomic mass is 9.85. The quantitative estimate of drug-likeness (QED) is 0.680. The number of rotatable bonds is 4. The lowest BCUT2D eigenvalue weighted by Gasteiger charge is -2.25. The smallest absolute Gasteiger partial charge is 0.191 e. The van der Waals surface area contributed by atoms with Crippen LogP contribution >= 0.6 is 11.6 Å². The van der Waals surface area contributed by atoms with Crippen LogP contribution in [0.1, 0.15) is 32.3 Å². The zero-order valence-electron chi connectivity index (χ0n) is 11.9. The average Bonchev–Trinajstić information content (AvgIpc) is 3.19. The summed E-state index contributed by atoms with van der Waals surface area (Å²) in [6.07, 6.45) is 2.45.